The number of hydrogen-bond acceptors (Lipinski definition) is 4. The number of nitrogens with zero attached hydrogens (tertiary/aromatic N) is 3. The van der Waals surface area contributed by atoms with E-state index in [9.17, 15) is 4.79 Å². The lowest BCUT2D eigenvalue weighted by molar-refractivity contribution is 0.0686. The molecule has 1 saturated heterocycles. The molecule has 0 bridgehead atoms. The van der Waals surface area contributed by atoms with Gasteiger partial charge in [0.25, 0.3) is 0 Å². The zero-order chi connectivity index (χ0) is 13.2. The number of aromatic carboxylic acids is 1. The molecule has 6 nitrogen and oxygen atoms in total. The molecule has 2 rings (SSSR count). The summed E-state index contributed by atoms with van der Waals surface area (Å²) in [5.74, 6) is -0.998. The van der Waals surface area contributed by atoms with Gasteiger partial charge in [0.2, 0.25) is 0 Å². The number of nitrogens with one attached hydrogen (secondary N) is 1. The van der Waals surface area contributed by atoms with Crippen molar-refractivity contribution in [2.45, 2.75) is 26.3 Å². The third-order valence-corrected chi connectivity index (χ3v) is 3.37. The van der Waals surface area contributed by atoms with Crippen LogP contribution in [0, 0.1) is 16.7 Å². The van der Waals surface area contributed by atoms with Crippen LogP contribution in [0.1, 0.15) is 35.8 Å². The quantitative estimate of drug-likeness (QED) is 0.839. The Bertz CT molecular complexity index is 491. The Kier molecular flexibility index (Phi) is 3.34. The van der Waals surface area contributed by atoms with E-state index in [0.717, 1.165) is 19.4 Å². The summed E-state index contributed by atoms with van der Waals surface area (Å²) in [7, 11) is 0. The minimum absolute atomic E-state index is 0.138. The Hall–Kier alpha value is -1.87. The predicted molar refractivity (Wildman–Crippen MR) is 63.8 cm³/mol. The summed E-state index contributed by atoms with van der Waals surface area (Å²) in [6, 6.07) is 2.35. The van der Waals surface area contributed by atoms with Crippen molar-refractivity contribution in [2.24, 2.45) is 5.41 Å². The number of carboxylic acids is 1. The number of nitriles is 1. The SMILES string of the molecule is CC1(C#N)CCCN(Cc2cn[nH]c2C(=O)O)C1. The third kappa shape index (κ3) is 2.51. The van der Waals surface area contributed by atoms with E-state index in [1.807, 2.05) is 6.92 Å². The average Bonchev–Trinajstić information content (AvgIpc) is 2.77. The Morgan fingerprint density at radius 1 is 1.78 bits per heavy atom. The van der Waals surface area contributed by atoms with Crippen LogP contribution in [-0.2, 0) is 6.54 Å². The lowest BCUT2D eigenvalue weighted by Crippen LogP contribution is -2.40. The molecular weight excluding hydrogens is 232 g/mol. The molecule has 1 aromatic heterocycles. The first kappa shape index (κ1) is 12.6. The van der Waals surface area contributed by atoms with E-state index in [1.54, 1.807) is 6.20 Å². The fourth-order valence-corrected chi connectivity index (χ4v) is 2.43. The van der Waals surface area contributed by atoms with Crippen LogP contribution < -0.4 is 0 Å². The highest BCUT2D eigenvalue weighted by Gasteiger charge is 2.31. The highest BCUT2D eigenvalue weighted by molar-refractivity contribution is 5.86. The van der Waals surface area contributed by atoms with Crippen LogP contribution in [0.2, 0.25) is 0 Å². The molecule has 2 heterocycles. The molecule has 6 heteroatoms. The van der Waals surface area contributed by atoms with Crippen LogP contribution >= 0.6 is 0 Å². The number of carboxylic acid groups (broad SMARTS) is 1. The Morgan fingerprint density at radius 3 is 3.22 bits per heavy atom. The maximum Gasteiger partial charge on any atom is 0.354 e. The van der Waals surface area contributed by atoms with Crippen LogP contribution in [-0.4, -0.2) is 39.3 Å². The van der Waals surface area contributed by atoms with Gasteiger partial charge >= 0.3 is 5.97 Å². The molecule has 0 aromatic carbocycles. The predicted octanol–water partition coefficient (Wildman–Crippen LogP) is 1.23. The van der Waals surface area contributed by atoms with E-state index in [0.29, 0.717) is 18.7 Å². The zero-order valence-corrected chi connectivity index (χ0v) is 10.3. The number of hydrogen-bond donors (Lipinski definition) is 2. The zero-order valence-electron chi connectivity index (χ0n) is 10.3. The van der Waals surface area contributed by atoms with Crippen molar-refractivity contribution < 1.29 is 9.90 Å². The topological polar surface area (TPSA) is 93.0 Å². The number of H-pyrrole nitrogens is 1. The number of aromatic amines is 1. The van der Waals surface area contributed by atoms with Gasteiger partial charge in [0.15, 0.2) is 0 Å². The highest BCUT2D eigenvalue weighted by atomic mass is 16.4. The summed E-state index contributed by atoms with van der Waals surface area (Å²) in [5.41, 5.74) is 0.481. The Balaban J connectivity index is 2.08. The minimum Gasteiger partial charge on any atom is -0.477 e. The third-order valence-electron chi connectivity index (χ3n) is 3.37. The largest absolute Gasteiger partial charge is 0.477 e. The van der Waals surface area contributed by atoms with Crippen molar-refractivity contribution >= 4 is 5.97 Å². The molecule has 1 aliphatic heterocycles. The Labute approximate surface area is 105 Å². The lowest BCUT2D eigenvalue weighted by atomic mass is 9.83. The van der Waals surface area contributed by atoms with Gasteiger partial charge in [-0.1, -0.05) is 0 Å². The molecule has 1 unspecified atom stereocenters. The summed E-state index contributed by atoms with van der Waals surface area (Å²) in [4.78, 5) is 13.1. The monoisotopic (exact) mass is 248 g/mol. The highest BCUT2D eigenvalue weighted by Crippen LogP contribution is 2.29. The molecule has 1 fully saturated rings. The van der Waals surface area contributed by atoms with E-state index in [2.05, 4.69) is 21.2 Å². The van der Waals surface area contributed by atoms with Gasteiger partial charge in [-0.2, -0.15) is 10.4 Å². The second-order valence-electron chi connectivity index (χ2n) is 5.06. The van der Waals surface area contributed by atoms with Crippen molar-refractivity contribution in [2.75, 3.05) is 13.1 Å². The van der Waals surface area contributed by atoms with Gasteiger partial charge in [0, 0.05) is 18.7 Å². The van der Waals surface area contributed by atoms with Crippen LogP contribution in [0.3, 0.4) is 0 Å². The van der Waals surface area contributed by atoms with E-state index >= 15 is 0 Å². The molecule has 0 aliphatic carbocycles. The summed E-state index contributed by atoms with van der Waals surface area (Å²) in [6.45, 7) is 4.04. The van der Waals surface area contributed by atoms with Crippen molar-refractivity contribution in [3.63, 3.8) is 0 Å². The number of carbonyl (C=O) groups is 1. The van der Waals surface area contributed by atoms with Gasteiger partial charge in [0.1, 0.15) is 5.69 Å². The molecule has 0 radical (unpaired) electrons. The number of piperidine rings is 1. The number of likely N-dealkylation sites (tertiary alicyclic amines) is 1. The van der Waals surface area contributed by atoms with E-state index < -0.39 is 5.97 Å². The van der Waals surface area contributed by atoms with Crippen LogP contribution in [0.5, 0.6) is 0 Å². The molecule has 18 heavy (non-hydrogen) atoms. The second-order valence-corrected chi connectivity index (χ2v) is 5.06. The molecule has 0 spiro atoms. The fraction of sp³-hybridized carbons (Fsp3) is 0.583. The number of rotatable bonds is 3. The van der Waals surface area contributed by atoms with Gasteiger partial charge in [-0.05, 0) is 26.3 Å². The standard InChI is InChI=1S/C12H16N4O2/c1-12(7-13)3-2-4-16(8-12)6-9-5-14-15-10(9)11(17)18/h5H,2-4,6,8H2,1H3,(H,14,15)(H,17,18). The smallest absolute Gasteiger partial charge is 0.354 e. The summed E-state index contributed by atoms with van der Waals surface area (Å²) < 4.78 is 0. The van der Waals surface area contributed by atoms with Crippen molar-refractivity contribution in [1.82, 2.24) is 15.1 Å². The van der Waals surface area contributed by atoms with Crippen LogP contribution in [0.15, 0.2) is 6.20 Å². The van der Waals surface area contributed by atoms with Crippen molar-refractivity contribution in [3.8, 4) is 6.07 Å². The van der Waals surface area contributed by atoms with Gasteiger partial charge in [0.05, 0.1) is 17.7 Å². The van der Waals surface area contributed by atoms with Gasteiger partial charge < -0.3 is 5.11 Å². The van der Waals surface area contributed by atoms with Gasteiger partial charge in [-0.3, -0.25) is 10.00 Å². The molecule has 1 atom stereocenters. The molecule has 96 valence electrons. The maximum atomic E-state index is 11.0. The summed E-state index contributed by atoms with van der Waals surface area (Å²) >= 11 is 0. The van der Waals surface area contributed by atoms with Crippen molar-refractivity contribution in [3.05, 3.63) is 17.5 Å². The normalized spacial score (nSPS) is 24.7. The van der Waals surface area contributed by atoms with E-state index in [1.165, 1.54) is 0 Å². The maximum absolute atomic E-state index is 11.0. The molecule has 2 N–H and O–H groups in total. The van der Waals surface area contributed by atoms with Crippen LogP contribution in [0.4, 0.5) is 0 Å². The van der Waals surface area contributed by atoms with Gasteiger partial charge in [-0.15, -0.1) is 0 Å². The number of aromatic nitrogens is 2. The molecular formula is C12H16N4O2. The van der Waals surface area contributed by atoms with Gasteiger partial charge in [-0.25, -0.2) is 4.79 Å². The van der Waals surface area contributed by atoms with E-state index in [4.69, 9.17) is 10.4 Å². The fourth-order valence-electron chi connectivity index (χ4n) is 2.43. The van der Waals surface area contributed by atoms with Crippen molar-refractivity contribution in [1.29, 1.82) is 5.26 Å². The summed E-state index contributed by atoms with van der Waals surface area (Å²) in [6.07, 6.45) is 3.41. The second kappa shape index (κ2) is 4.78. The average molecular weight is 248 g/mol. The summed E-state index contributed by atoms with van der Waals surface area (Å²) in [5, 5.41) is 24.4. The minimum atomic E-state index is -0.998. The lowest BCUT2D eigenvalue weighted by Gasteiger charge is -2.35. The van der Waals surface area contributed by atoms with Crippen LogP contribution in [0.25, 0.3) is 0 Å². The first-order valence-corrected chi connectivity index (χ1v) is 5.93. The molecule has 0 amide bonds. The van der Waals surface area contributed by atoms with E-state index in [-0.39, 0.29) is 11.1 Å². The molecule has 1 aliphatic rings. The Morgan fingerprint density at radius 2 is 2.56 bits per heavy atom. The first-order valence-electron chi connectivity index (χ1n) is 5.93. The molecule has 1 aromatic rings. The molecule has 0 saturated carbocycles. The first-order chi connectivity index (χ1) is 8.54.